The minimum absolute atomic E-state index is 0.142. The summed E-state index contributed by atoms with van der Waals surface area (Å²) >= 11 is 0. The van der Waals surface area contributed by atoms with Gasteiger partial charge in [-0.1, -0.05) is 36.4 Å². The first-order valence-electron chi connectivity index (χ1n) is 8.42. The molecule has 3 aromatic rings. The van der Waals surface area contributed by atoms with E-state index in [4.69, 9.17) is 13.9 Å². The number of benzene rings is 2. The average Bonchev–Trinajstić information content (AvgIpc) is 3.15. The number of hydrogen-bond donors (Lipinski definition) is 1. The summed E-state index contributed by atoms with van der Waals surface area (Å²) in [5.74, 6) is 3.06. The molecule has 0 radical (unpaired) electrons. The van der Waals surface area contributed by atoms with Gasteiger partial charge in [0.25, 0.3) is 0 Å². The molecule has 0 saturated heterocycles. The van der Waals surface area contributed by atoms with Crippen LogP contribution >= 0.6 is 0 Å². The molecule has 2 aromatic carbocycles. The Balaban J connectivity index is 1.40. The molecule has 1 unspecified atom stereocenters. The zero-order valence-electron chi connectivity index (χ0n) is 14.1. The number of oxazole rings is 1. The number of fused-ring (bicyclic) bond motifs is 1. The third-order valence-electron chi connectivity index (χ3n) is 4.24. The second kappa shape index (κ2) is 6.99. The molecule has 1 atom stereocenters. The van der Waals surface area contributed by atoms with Gasteiger partial charge in [0.1, 0.15) is 13.2 Å². The summed E-state index contributed by atoms with van der Waals surface area (Å²) in [5.41, 5.74) is 2.17. The molecule has 2 heterocycles. The van der Waals surface area contributed by atoms with Crippen LogP contribution in [0.2, 0.25) is 0 Å². The third-order valence-corrected chi connectivity index (χ3v) is 4.24. The molecule has 0 aliphatic carbocycles. The van der Waals surface area contributed by atoms with Crippen LogP contribution in [0, 0.1) is 0 Å². The van der Waals surface area contributed by atoms with Crippen LogP contribution in [0.1, 0.15) is 24.4 Å². The van der Waals surface area contributed by atoms with E-state index in [0.29, 0.717) is 25.6 Å². The van der Waals surface area contributed by atoms with Gasteiger partial charge in [-0.25, -0.2) is 4.98 Å². The molecule has 1 N–H and O–H groups in total. The summed E-state index contributed by atoms with van der Waals surface area (Å²) in [5, 5.41) is 3.43. The SMILES string of the molecule is CC(NCc1ncc(-c2ccccc2)o1)c1ccc2c(c1)OCCO2. The van der Waals surface area contributed by atoms with E-state index in [1.807, 2.05) is 42.5 Å². The van der Waals surface area contributed by atoms with E-state index in [-0.39, 0.29) is 6.04 Å². The Bertz CT molecular complexity index is 845. The van der Waals surface area contributed by atoms with Gasteiger partial charge in [-0.05, 0) is 24.6 Å². The van der Waals surface area contributed by atoms with Crippen LogP contribution in [-0.4, -0.2) is 18.2 Å². The van der Waals surface area contributed by atoms with Crippen molar-refractivity contribution in [1.82, 2.24) is 10.3 Å². The van der Waals surface area contributed by atoms with Gasteiger partial charge in [-0.3, -0.25) is 0 Å². The van der Waals surface area contributed by atoms with Gasteiger partial charge in [0, 0.05) is 11.6 Å². The van der Waals surface area contributed by atoms with Gasteiger partial charge in [0.15, 0.2) is 17.3 Å². The topological polar surface area (TPSA) is 56.5 Å². The quantitative estimate of drug-likeness (QED) is 0.764. The summed E-state index contributed by atoms with van der Waals surface area (Å²) in [6.45, 7) is 3.86. The number of hydrogen-bond acceptors (Lipinski definition) is 5. The van der Waals surface area contributed by atoms with Gasteiger partial charge in [-0.15, -0.1) is 0 Å². The predicted octanol–water partition coefficient (Wildman–Crippen LogP) is 3.96. The van der Waals surface area contributed by atoms with Crippen molar-refractivity contribution in [3.05, 3.63) is 66.2 Å². The molecular formula is C20H20N2O3. The number of rotatable bonds is 5. The van der Waals surface area contributed by atoms with Crippen LogP contribution in [0.15, 0.2) is 59.1 Å². The second-order valence-corrected chi connectivity index (χ2v) is 5.99. The first-order chi connectivity index (χ1) is 12.3. The number of aromatic nitrogens is 1. The Kier molecular flexibility index (Phi) is 4.39. The first-order valence-corrected chi connectivity index (χ1v) is 8.42. The van der Waals surface area contributed by atoms with Crippen molar-refractivity contribution in [3.63, 3.8) is 0 Å². The fourth-order valence-electron chi connectivity index (χ4n) is 2.82. The highest BCUT2D eigenvalue weighted by Gasteiger charge is 2.15. The highest BCUT2D eigenvalue weighted by Crippen LogP contribution is 2.32. The van der Waals surface area contributed by atoms with Gasteiger partial charge in [0.05, 0.1) is 12.7 Å². The molecule has 0 amide bonds. The minimum Gasteiger partial charge on any atom is -0.486 e. The van der Waals surface area contributed by atoms with Gasteiger partial charge < -0.3 is 19.2 Å². The maximum absolute atomic E-state index is 5.83. The van der Waals surface area contributed by atoms with E-state index in [1.165, 1.54) is 0 Å². The summed E-state index contributed by atoms with van der Waals surface area (Å²) in [7, 11) is 0. The molecule has 4 rings (SSSR count). The third kappa shape index (κ3) is 3.51. The van der Waals surface area contributed by atoms with Crippen LogP contribution in [0.25, 0.3) is 11.3 Å². The largest absolute Gasteiger partial charge is 0.486 e. The van der Waals surface area contributed by atoms with Gasteiger partial charge in [-0.2, -0.15) is 0 Å². The zero-order chi connectivity index (χ0) is 17.1. The fourth-order valence-corrected chi connectivity index (χ4v) is 2.82. The predicted molar refractivity (Wildman–Crippen MR) is 94.6 cm³/mol. The molecular weight excluding hydrogens is 316 g/mol. The summed E-state index contributed by atoms with van der Waals surface area (Å²) < 4.78 is 17.0. The van der Waals surface area contributed by atoms with Crippen LogP contribution in [0.5, 0.6) is 11.5 Å². The lowest BCUT2D eigenvalue weighted by molar-refractivity contribution is 0.171. The van der Waals surface area contributed by atoms with E-state index in [0.717, 1.165) is 28.4 Å². The summed E-state index contributed by atoms with van der Waals surface area (Å²) in [6.07, 6.45) is 1.76. The molecule has 0 bridgehead atoms. The normalized spacial score (nSPS) is 14.3. The van der Waals surface area contributed by atoms with Crippen molar-refractivity contribution in [2.75, 3.05) is 13.2 Å². The summed E-state index contributed by atoms with van der Waals surface area (Å²) in [6, 6.07) is 16.2. The fraction of sp³-hybridized carbons (Fsp3) is 0.250. The highest BCUT2D eigenvalue weighted by molar-refractivity contribution is 5.55. The Morgan fingerprint density at radius 2 is 1.84 bits per heavy atom. The standard InChI is InChI=1S/C20H20N2O3/c1-14(16-7-8-17-18(11-16)24-10-9-23-17)21-13-20-22-12-19(25-20)15-5-3-2-4-6-15/h2-8,11-12,14,21H,9-10,13H2,1H3. The maximum atomic E-state index is 5.83. The van der Waals surface area contributed by atoms with Crippen LogP contribution in [0.3, 0.4) is 0 Å². The van der Waals surface area contributed by atoms with Crippen LogP contribution < -0.4 is 14.8 Å². The van der Waals surface area contributed by atoms with E-state index in [2.05, 4.69) is 23.3 Å². The Morgan fingerprint density at radius 3 is 2.68 bits per heavy atom. The van der Waals surface area contributed by atoms with Crippen molar-refractivity contribution < 1.29 is 13.9 Å². The van der Waals surface area contributed by atoms with E-state index < -0.39 is 0 Å². The molecule has 25 heavy (non-hydrogen) atoms. The molecule has 128 valence electrons. The maximum Gasteiger partial charge on any atom is 0.208 e. The number of ether oxygens (including phenoxy) is 2. The van der Waals surface area contributed by atoms with E-state index >= 15 is 0 Å². The molecule has 5 nitrogen and oxygen atoms in total. The molecule has 0 saturated carbocycles. The first kappa shape index (κ1) is 15.7. The molecule has 5 heteroatoms. The molecule has 0 fully saturated rings. The van der Waals surface area contributed by atoms with Gasteiger partial charge >= 0.3 is 0 Å². The van der Waals surface area contributed by atoms with Gasteiger partial charge in [0.2, 0.25) is 5.89 Å². The molecule has 0 spiro atoms. The Labute approximate surface area is 146 Å². The highest BCUT2D eigenvalue weighted by atomic mass is 16.6. The monoisotopic (exact) mass is 336 g/mol. The van der Waals surface area contributed by atoms with E-state index in [1.54, 1.807) is 6.20 Å². The van der Waals surface area contributed by atoms with Crippen molar-refractivity contribution in [1.29, 1.82) is 0 Å². The Hall–Kier alpha value is -2.79. The molecule has 1 aliphatic rings. The second-order valence-electron chi connectivity index (χ2n) is 5.99. The minimum atomic E-state index is 0.142. The lowest BCUT2D eigenvalue weighted by Crippen LogP contribution is -2.19. The number of nitrogens with zero attached hydrogens (tertiary/aromatic N) is 1. The van der Waals surface area contributed by atoms with Crippen molar-refractivity contribution in [2.45, 2.75) is 19.5 Å². The lowest BCUT2D eigenvalue weighted by atomic mass is 10.1. The Morgan fingerprint density at radius 1 is 1.04 bits per heavy atom. The zero-order valence-corrected chi connectivity index (χ0v) is 14.1. The van der Waals surface area contributed by atoms with E-state index in [9.17, 15) is 0 Å². The smallest absolute Gasteiger partial charge is 0.208 e. The van der Waals surface area contributed by atoms with Crippen LogP contribution in [0.4, 0.5) is 0 Å². The summed E-state index contributed by atoms with van der Waals surface area (Å²) in [4.78, 5) is 4.35. The van der Waals surface area contributed by atoms with Crippen molar-refractivity contribution in [2.24, 2.45) is 0 Å². The lowest BCUT2D eigenvalue weighted by Gasteiger charge is -2.20. The number of nitrogens with one attached hydrogen (secondary N) is 1. The van der Waals surface area contributed by atoms with Crippen LogP contribution in [-0.2, 0) is 6.54 Å². The molecule has 1 aromatic heterocycles. The molecule has 1 aliphatic heterocycles. The van der Waals surface area contributed by atoms with Crippen molar-refractivity contribution in [3.8, 4) is 22.8 Å². The average molecular weight is 336 g/mol. The van der Waals surface area contributed by atoms with Crippen molar-refractivity contribution >= 4 is 0 Å².